The Labute approximate surface area is 113 Å². The molecular weight excluding hydrogens is 238 g/mol. The Morgan fingerprint density at radius 1 is 1.37 bits per heavy atom. The lowest BCUT2D eigenvalue weighted by atomic mass is 9.98. The molecule has 0 bridgehead atoms. The maximum atomic E-state index is 10.1. The Balaban J connectivity index is 1.89. The van der Waals surface area contributed by atoms with E-state index in [1.54, 1.807) is 6.07 Å². The van der Waals surface area contributed by atoms with Gasteiger partial charge in [0.15, 0.2) is 0 Å². The summed E-state index contributed by atoms with van der Waals surface area (Å²) < 4.78 is 0. The lowest BCUT2D eigenvalue weighted by molar-refractivity contribution is 0.184. The minimum absolute atomic E-state index is 0.359. The van der Waals surface area contributed by atoms with Gasteiger partial charge in [-0.3, -0.25) is 4.90 Å². The molecule has 2 heterocycles. The number of H-pyrrole nitrogens is 1. The van der Waals surface area contributed by atoms with Crippen molar-refractivity contribution in [1.82, 2.24) is 14.9 Å². The number of imidazole rings is 1. The highest BCUT2D eigenvalue weighted by molar-refractivity contribution is 5.81. The highest BCUT2D eigenvalue weighted by atomic mass is 16.3. The average Bonchev–Trinajstić information content (AvgIpc) is 2.76. The summed E-state index contributed by atoms with van der Waals surface area (Å²) in [6.45, 7) is 7.27. The molecule has 1 fully saturated rings. The van der Waals surface area contributed by atoms with Crippen molar-refractivity contribution in [3.05, 3.63) is 23.5 Å². The molecule has 19 heavy (non-hydrogen) atoms. The zero-order valence-electron chi connectivity index (χ0n) is 11.6. The Morgan fingerprint density at radius 2 is 2.11 bits per heavy atom. The van der Waals surface area contributed by atoms with Crippen LogP contribution in [0.25, 0.3) is 11.0 Å². The molecule has 3 rings (SSSR count). The van der Waals surface area contributed by atoms with Crippen LogP contribution >= 0.6 is 0 Å². The SMILES string of the molecule is Cc1nc2c(CN3CCC(C)CC3)c(O)ccc2[nH]1. The number of phenols is 1. The van der Waals surface area contributed by atoms with E-state index in [9.17, 15) is 5.11 Å². The summed E-state index contributed by atoms with van der Waals surface area (Å²) >= 11 is 0. The van der Waals surface area contributed by atoms with E-state index in [-0.39, 0.29) is 0 Å². The number of rotatable bonds is 2. The van der Waals surface area contributed by atoms with Crippen LogP contribution < -0.4 is 0 Å². The summed E-state index contributed by atoms with van der Waals surface area (Å²) in [5.74, 6) is 2.08. The van der Waals surface area contributed by atoms with Crippen molar-refractivity contribution in [1.29, 1.82) is 0 Å². The molecule has 0 aliphatic carbocycles. The van der Waals surface area contributed by atoms with Gasteiger partial charge in [-0.05, 0) is 50.9 Å². The van der Waals surface area contributed by atoms with E-state index in [1.165, 1.54) is 12.8 Å². The minimum atomic E-state index is 0.359. The van der Waals surface area contributed by atoms with E-state index in [4.69, 9.17) is 0 Å². The number of aromatic amines is 1. The third kappa shape index (κ3) is 2.45. The summed E-state index contributed by atoms with van der Waals surface area (Å²) in [6, 6.07) is 3.66. The van der Waals surface area contributed by atoms with Crippen LogP contribution in [0.3, 0.4) is 0 Å². The normalized spacial score (nSPS) is 18.2. The van der Waals surface area contributed by atoms with Crippen molar-refractivity contribution in [2.45, 2.75) is 33.2 Å². The number of phenolic OH excluding ortho intramolecular Hbond substituents is 1. The fourth-order valence-corrected chi connectivity index (χ4v) is 2.84. The number of piperidine rings is 1. The van der Waals surface area contributed by atoms with Gasteiger partial charge in [0.25, 0.3) is 0 Å². The van der Waals surface area contributed by atoms with E-state index < -0.39 is 0 Å². The second kappa shape index (κ2) is 4.85. The summed E-state index contributed by atoms with van der Waals surface area (Å²) in [7, 11) is 0. The van der Waals surface area contributed by atoms with E-state index in [1.807, 2.05) is 13.0 Å². The van der Waals surface area contributed by atoms with Gasteiger partial charge >= 0.3 is 0 Å². The molecule has 0 saturated carbocycles. The van der Waals surface area contributed by atoms with Crippen LogP contribution in [0.5, 0.6) is 5.75 Å². The van der Waals surface area contributed by atoms with Crippen LogP contribution in [0.15, 0.2) is 12.1 Å². The molecule has 1 saturated heterocycles. The lowest BCUT2D eigenvalue weighted by Crippen LogP contribution is -2.32. The van der Waals surface area contributed by atoms with Crippen LogP contribution in [0, 0.1) is 12.8 Å². The van der Waals surface area contributed by atoms with Gasteiger partial charge in [0.2, 0.25) is 0 Å². The van der Waals surface area contributed by atoms with Gasteiger partial charge in [-0.15, -0.1) is 0 Å². The number of hydrogen-bond acceptors (Lipinski definition) is 3. The van der Waals surface area contributed by atoms with E-state index >= 15 is 0 Å². The first-order valence-electron chi connectivity index (χ1n) is 7.03. The standard InChI is InChI=1S/C15H21N3O/c1-10-5-7-18(8-6-10)9-12-14(19)4-3-13-15(12)17-11(2)16-13/h3-4,10,19H,5-9H2,1-2H3,(H,16,17). The number of aromatic nitrogens is 2. The number of aromatic hydroxyl groups is 1. The molecule has 0 spiro atoms. The molecule has 4 nitrogen and oxygen atoms in total. The number of likely N-dealkylation sites (tertiary alicyclic amines) is 1. The fourth-order valence-electron chi connectivity index (χ4n) is 2.84. The lowest BCUT2D eigenvalue weighted by Gasteiger charge is -2.30. The average molecular weight is 259 g/mol. The Bertz CT molecular complexity index is 582. The smallest absolute Gasteiger partial charge is 0.122 e. The third-order valence-corrected chi connectivity index (χ3v) is 4.11. The summed E-state index contributed by atoms with van der Waals surface area (Å²) in [5.41, 5.74) is 2.88. The molecule has 102 valence electrons. The predicted molar refractivity (Wildman–Crippen MR) is 76.2 cm³/mol. The topological polar surface area (TPSA) is 52.1 Å². The highest BCUT2D eigenvalue weighted by Crippen LogP contribution is 2.28. The number of fused-ring (bicyclic) bond motifs is 1. The van der Waals surface area contributed by atoms with Crippen LogP contribution in [0.1, 0.15) is 31.2 Å². The number of hydrogen-bond donors (Lipinski definition) is 2. The molecule has 4 heteroatoms. The van der Waals surface area contributed by atoms with E-state index in [0.29, 0.717) is 5.75 Å². The molecule has 2 N–H and O–H groups in total. The molecule has 2 aromatic rings. The number of benzene rings is 1. The van der Waals surface area contributed by atoms with Crippen molar-refractivity contribution in [3.8, 4) is 5.75 Å². The fraction of sp³-hybridized carbons (Fsp3) is 0.533. The number of aryl methyl sites for hydroxylation is 1. The summed E-state index contributed by atoms with van der Waals surface area (Å²) in [5, 5.41) is 10.1. The molecule has 0 atom stereocenters. The second-order valence-corrected chi connectivity index (χ2v) is 5.74. The van der Waals surface area contributed by atoms with Crippen LogP contribution in [0.2, 0.25) is 0 Å². The molecule has 1 aromatic heterocycles. The van der Waals surface area contributed by atoms with Gasteiger partial charge in [-0.25, -0.2) is 4.98 Å². The molecule has 0 radical (unpaired) electrons. The monoisotopic (exact) mass is 259 g/mol. The number of nitrogens with zero attached hydrogens (tertiary/aromatic N) is 2. The summed E-state index contributed by atoms with van der Waals surface area (Å²) in [6.07, 6.45) is 2.49. The van der Waals surface area contributed by atoms with Crippen LogP contribution in [0.4, 0.5) is 0 Å². The molecule has 1 aromatic carbocycles. The first-order valence-corrected chi connectivity index (χ1v) is 7.03. The van der Waals surface area contributed by atoms with Gasteiger partial charge in [0.05, 0.1) is 11.0 Å². The van der Waals surface area contributed by atoms with Gasteiger partial charge in [-0.1, -0.05) is 6.92 Å². The maximum absolute atomic E-state index is 10.1. The predicted octanol–water partition coefficient (Wildman–Crippen LogP) is 2.81. The minimum Gasteiger partial charge on any atom is -0.508 e. The van der Waals surface area contributed by atoms with Crippen molar-refractivity contribution in [3.63, 3.8) is 0 Å². The van der Waals surface area contributed by atoms with Crippen molar-refractivity contribution >= 4 is 11.0 Å². The van der Waals surface area contributed by atoms with Gasteiger partial charge in [0.1, 0.15) is 11.6 Å². The van der Waals surface area contributed by atoms with E-state index in [0.717, 1.165) is 48.0 Å². The second-order valence-electron chi connectivity index (χ2n) is 5.74. The maximum Gasteiger partial charge on any atom is 0.122 e. The quantitative estimate of drug-likeness (QED) is 0.872. The van der Waals surface area contributed by atoms with Crippen molar-refractivity contribution < 1.29 is 5.11 Å². The molecule has 1 aliphatic rings. The van der Waals surface area contributed by atoms with Gasteiger partial charge < -0.3 is 10.1 Å². The Hall–Kier alpha value is -1.55. The molecule has 0 amide bonds. The zero-order valence-corrected chi connectivity index (χ0v) is 11.6. The van der Waals surface area contributed by atoms with Gasteiger partial charge in [0, 0.05) is 12.1 Å². The van der Waals surface area contributed by atoms with Crippen molar-refractivity contribution in [2.24, 2.45) is 5.92 Å². The first-order chi connectivity index (χ1) is 9.13. The van der Waals surface area contributed by atoms with Crippen LogP contribution in [-0.4, -0.2) is 33.1 Å². The zero-order chi connectivity index (χ0) is 13.4. The Morgan fingerprint density at radius 3 is 2.84 bits per heavy atom. The first kappa shape index (κ1) is 12.5. The molecule has 1 aliphatic heterocycles. The van der Waals surface area contributed by atoms with Crippen LogP contribution in [-0.2, 0) is 6.54 Å². The van der Waals surface area contributed by atoms with Gasteiger partial charge in [-0.2, -0.15) is 0 Å². The number of nitrogens with one attached hydrogen (secondary N) is 1. The highest BCUT2D eigenvalue weighted by Gasteiger charge is 2.19. The third-order valence-electron chi connectivity index (χ3n) is 4.11. The largest absolute Gasteiger partial charge is 0.508 e. The summed E-state index contributed by atoms with van der Waals surface area (Å²) in [4.78, 5) is 10.2. The van der Waals surface area contributed by atoms with Crippen molar-refractivity contribution in [2.75, 3.05) is 13.1 Å². The van der Waals surface area contributed by atoms with E-state index in [2.05, 4.69) is 21.8 Å². The molecular formula is C15H21N3O. The molecule has 0 unspecified atom stereocenters. The Kier molecular flexibility index (Phi) is 3.19.